The third-order valence-corrected chi connectivity index (χ3v) is 2.93. The van der Waals surface area contributed by atoms with Crippen LogP contribution in [-0.4, -0.2) is 14.8 Å². The Morgan fingerprint density at radius 1 is 1.35 bits per heavy atom. The van der Waals surface area contributed by atoms with Gasteiger partial charge in [-0.2, -0.15) is 0 Å². The van der Waals surface area contributed by atoms with Crippen LogP contribution in [0.15, 0.2) is 30.6 Å². The van der Waals surface area contributed by atoms with Crippen molar-refractivity contribution in [3.63, 3.8) is 0 Å². The Kier molecular flexibility index (Phi) is 3.74. The van der Waals surface area contributed by atoms with Crippen LogP contribution in [0.25, 0.3) is 0 Å². The van der Waals surface area contributed by atoms with E-state index in [0.29, 0.717) is 5.88 Å². The zero-order chi connectivity index (χ0) is 12.3. The first-order valence-electron chi connectivity index (χ1n) is 5.39. The molecule has 1 atom stereocenters. The van der Waals surface area contributed by atoms with Crippen LogP contribution in [0.5, 0.6) is 0 Å². The zero-order valence-corrected chi connectivity index (χ0v) is 10.2. The van der Waals surface area contributed by atoms with Crippen molar-refractivity contribution < 1.29 is 4.39 Å². The second-order valence-corrected chi connectivity index (χ2v) is 4.23. The first kappa shape index (κ1) is 12.0. The summed E-state index contributed by atoms with van der Waals surface area (Å²) >= 11 is 5.77. The van der Waals surface area contributed by atoms with Gasteiger partial charge in [-0.25, -0.2) is 4.39 Å². The summed E-state index contributed by atoms with van der Waals surface area (Å²) in [6.45, 7) is 2.06. The van der Waals surface area contributed by atoms with E-state index < -0.39 is 0 Å². The Balaban J connectivity index is 2.11. The summed E-state index contributed by atoms with van der Waals surface area (Å²) < 4.78 is 14.7. The van der Waals surface area contributed by atoms with Crippen LogP contribution >= 0.6 is 11.6 Å². The van der Waals surface area contributed by atoms with Crippen LogP contribution in [-0.2, 0) is 12.3 Å². The van der Waals surface area contributed by atoms with Gasteiger partial charge in [0.15, 0.2) is 0 Å². The SMILES string of the molecule is CC(Cc1ccc(F)cc1)n1cnnc1CCl. The first-order chi connectivity index (χ1) is 8.20. The van der Waals surface area contributed by atoms with E-state index in [9.17, 15) is 4.39 Å². The Bertz CT molecular complexity index is 481. The van der Waals surface area contributed by atoms with Gasteiger partial charge in [-0.05, 0) is 31.0 Å². The summed E-state index contributed by atoms with van der Waals surface area (Å²) in [7, 11) is 0. The standard InChI is InChI=1S/C12H13ClFN3/c1-9(17-8-15-16-12(17)7-13)6-10-2-4-11(14)5-3-10/h2-5,8-9H,6-7H2,1H3. The molecule has 1 unspecified atom stereocenters. The molecule has 0 aliphatic heterocycles. The molecule has 0 radical (unpaired) electrons. The van der Waals surface area contributed by atoms with E-state index in [2.05, 4.69) is 17.1 Å². The van der Waals surface area contributed by atoms with Crippen molar-refractivity contribution in [2.75, 3.05) is 0 Å². The van der Waals surface area contributed by atoms with Crippen LogP contribution in [0.2, 0.25) is 0 Å². The van der Waals surface area contributed by atoms with Gasteiger partial charge in [0, 0.05) is 6.04 Å². The van der Waals surface area contributed by atoms with Crippen LogP contribution < -0.4 is 0 Å². The number of benzene rings is 1. The molecule has 0 fully saturated rings. The predicted molar refractivity (Wildman–Crippen MR) is 64.4 cm³/mol. The van der Waals surface area contributed by atoms with Crippen molar-refractivity contribution in [1.29, 1.82) is 0 Å². The topological polar surface area (TPSA) is 30.7 Å². The minimum Gasteiger partial charge on any atom is -0.313 e. The van der Waals surface area contributed by atoms with Crippen molar-refractivity contribution in [1.82, 2.24) is 14.8 Å². The summed E-state index contributed by atoms with van der Waals surface area (Å²) in [5, 5.41) is 7.77. The molecule has 90 valence electrons. The lowest BCUT2D eigenvalue weighted by molar-refractivity contribution is 0.527. The van der Waals surface area contributed by atoms with Crippen molar-refractivity contribution in [3.05, 3.63) is 47.8 Å². The van der Waals surface area contributed by atoms with Gasteiger partial charge < -0.3 is 4.57 Å². The van der Waals surface area contributed by atoms with Crippen LogP contribution in [0.4, 0.5) is 4.39 Å². The van der Waals surface area contributed by atoms with Gasteiger partial charge in [-0.1, -0.05) is 12.1 Å². The fraction of sp³-hybridized carbons (Fsp3) is 0.333. The summed E-state index contributed by atoms with van der Waals surface area (Å²) in [6, 6.07) is 6.71. The second kappa shape index (κ2) is 5.27. The molecule has 0 aliphatic carbocycles. The summed E-state index contributed by atoms with van der Waals surface area (Å²) in [5.74, 6) is 0.877. The minimum atomic E-state index is -0.216. The number of hydrogen-bond donors (Lipinski definition) is 0. The predicted octanol–water partition coefficient (Wildman–Crippen LogP) is 2.96. The second-order valence-electron chi connectivity index (χ2n) is 3.97. The number of halogens is 2. The molecule has 0 saturated carbocycles. The van der Waals surface area contributed by atoms with E-state index in [0.717, 1.165) is 17.8 Å². The molecule has 1 aromatic carbocycles. The largest absolute Gasteiger partial charge is 0.313 e. The fourth-order valence-corrected chi connectivity index (χ4v) is 1.98. The molecule has 0 bridgehead atoms. The molecule has 0 aliphatic rings. The maximum Gasteiger partial charge on any atom is 0.148 e. The molecular formula is C12H13ClFN3. The number of rotatable bonds is 4. The highest BCUT2D eigenvalue weighted by Crippen LogP contribution is 2.16. The molecule has 3 nitrogen and oxygen atoms in total. The molecule has 0 saturated heterocycles. The fourth-order valence-electron chi connectivity index (χ4n) is 1.79. The van der Waals surface area contributed by atoms with Crippen molar-refractivity contribution in [2.45, 2.75) is 25.3 Å². The molecular weight excluding hydrogens is 241 g/mol. The average Bonchev–Trinajstić information content (AvgIpc) is 2.80. The van der Waals surface area contributed by atoms with Crippen molar-refractivity contribution >= 4 is 11.6 Å². The average molecular weight is 254 g/mol. The Labute approximate surface area is 104 Å². The van der Waals surface area contributed by atoms with Crippen molar-refractivity contribution in [3.8, 4) is 0 Å². The minimum absolute atomic E-state index is 0.198. The number of nitrogens with zero attached hydrogens (tertiary/aromatic N) is 3. The molecule has 0 amide bonds. The number of alkyl halides is 1. The third-order valence-electron chi connectivity index (χ3n) is 2.69. The Morgan fingerprint density at radius 3 is 2.71 bits per heavy atom. The van der Waals surface area contributed by atoms with E-state index >= 15 is 0 Å². The normalized spacial score (nSPS) is 12.6. The van der Waals surface area contributed by atoms with Crippen molar-refractivity contribution in [2.24, 2.45) is 0 Å². The molecule has 1 aromatic heterocycles. The van der Waals surface area contributed by atoms with Gasteiger partial charge in [0.2, 0.25) is 0 Å². The number of hydrogen-bond acceptors (Lipinski definition) is 2. The lowest BCUT2D eigenvalue weighted by atomic mass is 10.1. The van der Waals surface area contributed by atoms with E-state index in [1.54, 1.807) is 18.5 Å². The maximum atomic E-state index is 12.8. The first-order valence-corrected chi connectivity index (χ1v) is 5.93. The van der Waals surface area contributed by atoms with Gasteiger partial charge in [-0.15, -0.1) is 21.8 Å². The van der Waals surface area contributed by atoms with E-state index in [4.69, 9.17) is 11.6 Å². The van der Waals surface area contributed by atoms with E-state index in [1.165, 1.54) is 12.1 Å². The summed E-state index contributed by atoms with van der Waals surface area (Å²) in [5.41, 5.74) is 1.08. The quantitative estimate of drug-likeness (QED) is 0.785. The molecule has 1 heterocycles. The summed E-state index contributed by atoms with van der Waals surface area (Å²) in [6.07, 6.45) is 2.47. The molecule has 17 heavy (non-hydrogen) atoms. The van der Waals surface area contributed by atoms with Crippen LogP contribution in [0, 0.1) is 5.82 Å². The number of aromatic nitrogens is 3. The van der Waals surface area contributed by atoms with Crippen LogP contribution in [0.3, 0.4) is 0 Å². The highest BCUT2D eigenvalue weighted by Gasteiger charge is 2.10. The maximum absolute atomic E-state index is 12.8. The molecule has 2 rings (SSSR count). The Morgan fingerprint density at radius 2 is 2.06 bits per heavy atom. The van der Waals surface area contributed by atoms with Gasteiger partial charge in [0.05, 0.1) is 5.88 Å². The van der Waals surface area contributed by atoms with Gasteiger partial charge >= 0.3 is 0 Å². The van der Waals surface area contributed by atoms with Gasteiger partial charge in [0.25, 0.3) is 0 Å². The molecule has 2 aromatic rings. The highest BCUT2D eigenvalue weighted by molar-refractivity contribution is 6.16. The Hall–Kier alpha value is -1.42. The monoisotopic (exact) mass is 253 g/mol. The van der Waals surface area contributed by atoms with Gasteiger partial charge in [0.1, 0.15) is 18.0 Å². The third kappa shape index (κ3) is 2.82. The molecule has 0 N–H and O–H groups in total. The van der Waals surface area contributed by atoms with Gasteiger partial charge in [-0.3, -0.25) is 0 Å². The molecule has 5 heteroatoms. The lowest BCUT2D eigenvalue weighted by Crippen LogP contribution is -2.10. The molecule has 0 spiro atoms. The van der Waals surface area contributed by atoms with Crippen LogP contribution in [0.1, 0.15) is 24.4 Å². The summed E-state index contributed by atoms with van der Waals surface area (Å²) in [4.78, 5) is 0. The zero-order valence-electron chi connectivity index (χ0n) is 9.48. The smallest absolute Gasteiger partial charge is 0.148 e. The van der Waals surface area contributed by atoms with E-state index in [-0.39, 0.29) is 11.9 Å². The van der Waals surface area contributed by atoms with E-state index in [1.807, 2.05) is 4.57 Å². The highest BCUT2D eigenvalue weighted by atomic mass is 35.5. The lowest BCUT2D eigenvalue weighted by Gasteiger charge is -2.14.